The van der Waals surface area contributed by atoms with Crippen LogP contribution in [0.3, 0.4) is 0 Å². The Morgan fingerprint density at radius 3 is 2.40 bits per heavy atom. The van der Waals surface area contributed by atoms with E-state index in [1.54, 1.807) is 0 Å². The summed E-state index contributed by atoms with van der Waals surface area (Å²) in [5.41, 5.74) is 5.02. The van der Waals surface area contributed by atoms with Crippen molar-refractivity contribution in [2.24, 2.45) is 0 Å². The van der Waals surface area contributed by atoms with Crippen molar-refractivity contribution in [1.82, 2.24) is 5.32 Å². The average Bonchev–Trinajstić information content (AvgIpc) is 2.65. The van der Waals surface area contributed by atoms with Crippen LogP contribution in [0, 0.1) is 6.92 Å². The Balaban J connectivity index is 1.52. The lowest BCUT2D eigenvalue weighted by Crippen LogP contribution is -2.17. The average molecular weight is 331 g/mol. The number of benzene rings is 3. The predicted molar refractivity (Wildman–Crippen MR) is 104 cm³/mol. The van der Waals surface area contributed by atoms with Gasteiger partial charge < -0.3 is 10.1 Å². The topological polar surface area (TPSA) is 21.3 Å². The molecule has 0 aliphatic carbocycles. The maximum Gasteiger partial charge on any atom is 0.124 e. The lowest BCUT2D eigenvalue weighted by Gasteiger charge is -2.12. The van der Waals surface area contributed by atoms with E-state index in [1.807, 2.05) is 12.1 Å². The van der Waals surface area contributed by atoms with Gasteiger partial charge >= 0.3 is 0 Å². The molecular weight excluding hydrogens is 306 g/mol. The summed E-state index contributed by atoms with van der Waals surface area (Å²) in [7, 11) is 0. The number of hydrogen-bond donors (Lipinski definition) is 1. The van der Waals surface area contributed by atoms with Crippen LogP contribution in [0.2, 0.25) is 0 Å². The number of para-hydroxylation sites is 1. The summed E-state index contributed by atoms with van der Waals surface area (Å²) in [5, 5.41) is 3.52. The first kappa shape index (κ1) is 17.2. The Bertz CT molecular complexity index is 783. The highest BCUT2D eigenvalue weighted by Crippen LogP contribution is 2.19. The van der Waals surface area contributed by atoms with Gasteiger partial charge in [0.25, 0.3) is 0 Å². The highest BCUT2D eigenvalue weighted by Gasteiger charge is 2.03. The SMILES string of the molecule is Cc1cccc(COc2ccccc2CNCCc2ccccc2)c1. The molecule has 25 heavy (non-hydrogen) atoms. The van der Waals surface area contributed by atoms with E-state index >= 15 is 0 Å². The van der Waals surface area contributed by atoms with Crippen LogP contribution in [0.4, 0.5) is 0 Å². The monoisotopic (exact) mass is 331 g/mol. The van der Waals surface area contributed by atoms with Crippen molar-refractivity contribution in [3.05, 3.63) is 101 Å². The number of hydrogen-bond acceptors (Lipinski definition) is 2. The first-order valence-electron chi connectivity index (χ1n) is 8.82. The molecule has 0 saturated carbocycles. The molecule has 0 aliphatic rings. The number of ether oxygens (including phenoxy) is 1. The molecule has 3 rings (SSSR count). The molecule has 0 unspecified atom stereocenters. The molecule has 0 spiro atoms. The molecule has 0 bridgehead atoms. The van der Waals surface area contributed by atoms with E-state index in [9.17, 15) is 0 Å². The van der Waals surface area contributed by atoms with Crippen molar-refractivity contribution < 1.29 is 4.74 Å². The van der Waals surface area contributed by atoms with Gasteiger partial charge in [-0.25, -0.2) is 0 Å². The third kappa shape index (κ3) is 5.47. The minimum atomic E-state index is 0.600. The Hall–Kier alpha value is -2.58. The second-order valence-electron chi connectivity index (χ2n) is 6.30. The van der Waals surface area contributed by atoms with Crippen LogP contribution in [0.1, 0.15) is 22.3 Å². The van der Waals surface area contributed by atoms with Gasteiger partial charge in [0.2, 0.25) is 0 Å². The van der Waals surface area contributed by atoms with Crippen molar-refractivity contribution >= 4 is 0 Å². The van der Waals surface area contributed by atoms with Crippen LogP contribution in [-0.2, 0) is 19.6 Å². The van der Waals surface area contributed by atoms with Crippen molar-refractivity contribution in [3.63, 3.8) is 0 Å². The fraction of sp³-hybridized carbons (Fsp3) is 0.217. The van der Waals surface area contributed by atoms with Gasteiger partial charge in [0.1, 0.15) is 12.4 Å². The van der Waals surface area contributed by atoms with Crippen molar-refractivity contribution in [2.45, 2.75) is 26.5 Å². The highest BCUT2D eigenvalue weighted by molar-refractivity contribution is 5.33. The van der Waals surface area contributed by atoms with E-state index in [2.05, 4.69) is 79.0 Å². The molecule has 2 nitrogen and oxygen atoms in total. The normalized spacial score (nSPS) is 10.6. The maximum absolute atomic E-state index is 6.05. The van der Waals surface area contributed by atoms with Gasteiger partial charge in [0.15, 0.2) is 0 Å². The Morgan fingerprint density at radius 1 is 0.800 bits per heavy atom. The van der Waals surface area contributed by atoms with E-state index in [1.165, 1.54) is 22.3 Å². The Labute approximate surface area is 150 Å². The molecule has 0 atom stereocenters. The zero-order valence-electron chi connectivity index (χ0n) is 14.7. The zero-order chi connectivity index (χ0) is 17.3. The molecule has 2 heteroatoms. The summed E-state index contributed by atoms with van der Waals surface area (Å²) in [6.07, 6.45) is 1.03. The van der Waals surface area contributed by atoms with Gasteiger partial charge in [-0.2, -0.15) is 0 Å². The van der Waals surface area contributed by atoms with E-state index in [0.717, 1.165) is 25.3 Å². The predicted octanol–water partition coefficient (Wildman–Crippen LogP) is 4.91. The summed E-state index contributed by atoms with van der Waals surface area (Å²) >= 11 is 0. The molecule has 0 saturated heterocycles. The Kier molecular flexibility index (Phi) is 6.24. The summed E-state index contributed by atoms with van der Waals surface area (Å²) in [6.45, 7) is 4.48. The molecule has 0 radical (unpaired) electrons. The quantitative estimate of drug-likeness (QED) is 0.592. The minimum absolute atomic E-state index is 0.600. The van der Waals surface area contributed by atoms with Crippen molar-refractivity contribution in [2.75, 3.05) is 6.54 Å². The van der Waals surface area contributed by atoms with Gasteiger partial charge in [-0.1, -0.05) is 78.4 Å². The standard InChI is InChI=1S/C23H25NO/c1-19-8-7-11-21(16-19)18-25-23-13-6-5-12-22(23)17-24-15-14-20-9-3-2-4-10-20/h2-13,16,24H,14-15,17-18H2,1H3. The largest absolute Gasteiger partial charge is 0.489 e. The Morgan fingerprint density at radius 2 is 1.56 bits per heavy atom. The third-order valence-electron chi connectivity index (χ3n) is 4.20. The molecule has 3 aromatic rings. The summed E-state index contributed by atoms with van der Waals surface area (Å²) in [5.74, 6) is 0.955. The molecule has 0 amide bonds. The summed E-state index contributed by atoms with van der Waals surface area (Å²) in [4.78, 5) is 0. The lowest BCUT2D eigenvalue weighted by atomic mass is 10.1. The van der Waals surface area contributed by atoms with Crippen LogP contribution < -0.4 is 10.1 Å². The van der Waals surface area contributed by atoms with E-state index in [0.29, 0.717) is 6.61 Å². The number of rotatable bonds is 8. The molecule has 0 aliphatic heterocycles. The van der Waals surface area contributed by atoms with Gasteiger partial charge in [0, 0.05) is 12.1 Å². The van der Waals surface area contributed by atoms with E-state index in [4.69, 9.17) is 4.74 Å². The number of nitrogens with one attached hydrogen (secondary N) is 1. The summed E-state index contributed by atoms with van der Waals surface area (Å²) < 4.78 is 6.05. The maximum atomic E-state index is 6.05. The molecule has 3 aromatic carbocycles. The minimum Gasteiger partial charge on any atom is -0.489 e. The molecule has 0 aromatic heterocycles. The lowest BCUT2D eigenvalue weighted by molar-refractivity contribution is 0.302. The van der Waals surface area contributed by atoms with Gasteiger partial charge in [0.05, 0.1) is 0 Å². The van der Waals surface area contributed by atoms with Gasteiger partial charge in [-0.3, -0.25) is 0 Å². The van der Waals surface area contributed by atoms with Crippen LogP contribution >= 0.6 is 0 Å². The first-order valence-corrected chi connectivity index (χ1v) is 8.82. The second kappa shape index (κ2) is 9.05. The molecule has 0 fully saturated rings. The van der Waals surface area contributed by atoms with Crippen LogP contribution in [0.25, 0.3) is 0 Å². The van der Waals surface area contributed by atoms with E-state index in [-0.39, 0.29) is 0 Å². The van der Waals surface area contributed by atoms with Gasteiger partial charge in [-0.15, -0.1) is 0 Å². The van der Waals surface area contributed by atoms with E-state index < -0.39 is 0 Å². The second-order valence-corrected chi connectivity index (χ2v) is 6.30. The molecular formula is C23H25NO. The fourth-order valence-corrected chi connectivity index (χ4v) is 2.85. The van der Waals surface area contributed by atoms with Crippen molar-refractivity contribution in [3.8, 4) is 5.75 Å². The smallest absolute Gasteiger partial charge is 0.124 e. The van der Waals surface area contributed by atoms with Crippen molar-refractivity contribution in [1.29, 1.82) is 0 Å². The fourth-order valence-electron chi connectivity index (χ4n) is 2.85. The first-order chi connectivity index (χ1) is 12.3. The van der Waals surface area contributed by atoms with Gasteiger partial charge in [-0.05, 0) is 37.1 Å². The molecule has 0 heterocycles. The summed E-state index contributed by atoms with van der Waals surface area (Å²) in [6, 6.07) is 27.3. The van der Waals surface area contributed by atoms with Crippen LogP contribution in [-0.4, -0.2) is 6.54 Å². The van der Waals surface area contributed by atoms with Crippen LogP contribution in [0.5, 0.6) is 5.75 Å². The number of aryl methyl sites for hydroxylation is 1. The molecule has 128 valence electrons. The zero-order valence-corrected chi connectivity index (χ0v) is 14.7. The molecule has 1 N–H and O–H groups in total. The highest BCUT2D eigenvalue weighted by atomic mass is 16.5. The third-order valence-corrected chi connectivity index (χ3v) is 4.20. The van der Waals surface area contributed by atoms with Crippen LogP contribution in [0.15, 0.2) is 78.9 Å².